The number of methoxy groups -OCH3 is 1. The third-order valence-electron chi connectivity index (χ3n) is 9.11. The van der Waals surface area contributed by atoms with E-state index in [4.69, 9.17) is 16.3 Å². The SMILES string of the molecule is COc1ccc(C2c3sc(=O)[nH]c3SC3C4CC(C5C(=O)N(C(C)C(=O)Nc6ccc(Cl)cc6)C(=O)C45)C23)cc1. The number of nitrogens with one attached hydrogen (secondary N) is 2. The first-order chi connectivity index (χ1) is 19.3. The van der Waals surface area contributed by atoms with Crippen LogP contribution in [0.15, 0.2) is 58.4 Å². The summed E-state index contributed by atoms with van der Waals surface area (Å²) in [6.07, 6.45) is 0.792. The Labute approximate surface area is 243 Å². The molecule has 1 aromatic heterocycles. The van der Waals surface area contributed by atoms with Gasteiger partial charge >= 0.3 is 4.87 Å². The van der Waals surface area contributed by atoms with Crippen LogP contribution in [0.4, 0.5) is 5.69 Å². The van der Waals surface area contributed by atoms with Crippen molar-refractivity contribution in [1.82, 2.24) is 9.88 Å². The number of hydrogen-bond acceptors (Lipinski definition) is 7. The maximum atomic E-state index is 13.9. The molecule has 8 atom stereocenters. The van der Waals surface area contributed by atoms with Crippen LogP contribution in [0.2, 0.25) is 5.02 Å². The summed E-state index contributed by atoms with van der Waals surface area (Å²) < 4.78 is 5.36. The van der Waals surface area contributed by atoms with Crippen molar-refractivity contribution in [2.24, 2.45) is 29.6 Å². The Hall–Kier alpha value is -3.08. The highest BCUT2D eigenvalue weighted by molar-refractivity contribution is 8.00. The van der Waals surface area contributed by atoms with Crippen molar-refractivity contribution in [1.29, 1.82) is 0 Å². The first-order valence-electron chi connectivity index (χ1n) is 13.2. The molecule has 2 saturated carbocycles. The minimum Gasteiger partial charge on any atom is -0.497 e. The molecule has 7 rings (SSSR count). The van der Waals surface area contributed by atoms with Gasteiger partial charge in [-0.3, -0.25) is 24.1 Å². The Morgan fingerprint density at radius 1 is 1.05 bits per heavy atom. The van der Waals surface area contributed by atoms with E-state index in [1.807, 2.05) is 24.3 Å². The normalized spacial score (nSPS) is 30.6. The van der Waals surface area contributed by atoms with E-state index >= 15 is 0 Å². The van der Waals surface area contributed by atoms with E-state index in [0.29, 0.717) is 10.7 Å². The molecule has 8 unspecified atom stereocenters. The number of fused-ring (bicyclic) bond motifs is 9. The molecule has 2 aliphatic heterocycles. The number of anilines is 1. The van der Waals surface area contributed by atoms with Crippen molar-refractivity contribution in [3.63, 3.8) is 0 Å². The Balaban J connectivity index is 1.20. The second-order valence-electron chi connectivity index (χ2n) is 11.0. The summed E-state index contributed by atoms with van der Waals surface area (Å²) >= 11 is 8.83. The number of benzene rings is 2. The van der Waals surface area contributed by atoms with Crippen molar-refractivity contribution in [2.75, 3.05) is 12.4 Å². The molecule has 0 radical (unpaired) electrons. The zero-order valence-corrected chi connectivity index (χ0v) is 24.0. The summed E-state index contributed by atoms with van der Waals surface area (Å²) in [5.41, 5.74) is 1.62. The van der Waals surface area contributed by atoms with Crippen LogP contribution in [0.5, 0.6) is 5.75 Å². The smallest absolute Gasteiger partial charge is 0.305 e. The maximum Gasteiger partial charge on any atom is 0.305 e. The molecule has 8 nitrogen and oxygen atoms in total. The molecule has 2 aliphatic carbocycles. The Bertz CT molecular complexity index is 1590. The minimum absolute atomic E-state index is 0.00437. The molecular formula is C29H26ClN3O5S2. The van der Waals surface area contributed by atoms with E-state index in [1.54, 1.807) is 50.1 Å². The number of thioether (sulfide) groups is 1. The standard InChI is InChI=1S/C29H26ClN3O5S2/c1-12(25(34)31-15-7-5-14(30)6-8-15)33-27(35)21-17-11-18(22(21)28(33)36)23-20(17)19(13-3-9-16(38-2)10-4-13)24-26(39-23)32-29(37)40-24/h3-10,12,17-23H,11H2,1-2H3,(H,31,34)(H,32,37). The number of aromatic amines is 1. The van der Waals surface area contributed by atoms with Crippen molar-refractivity contribution in [3.05, 3.63) is 73.7 Å². The summed E-state index contributed by atoms with van der Waals surface area (Å²) in [5.74, 6) is -1.07. The molecule has 3 aromatic rings. The van der Waals surface area contributed by atoms with Crippen LogP contribution in [-0.2, 0) is 14.4 Å². The molecule has 3 fully saturated rings. The minimum atomic E-state index is -0.939. The number of aromatic nitrogens is 1. The lowest BCUT2D eigenvalue weighted by molar-refractivity contribution is -0.146. The van der Waals surface area contributed by atoms with Gasteiger partial charge in [0.25, 0.3) is 0 Å². The molecule has 40 heavy (non-hydrogen) atoms. The summed E-state index contributed by atoms with van der Waals surface area (Å²) in [7, 11) is 1.62. The quantitative estimate of drug-likeness (QED) is 0.418. The maximum absolute atomic E-state index is 13.9. The van der Waals surface area contributed by atoms with Crippen LogP contribution in [-0.4, -0.2) is 46.0 Å². The fraction of sp³-hybridized carbons (Fsp3) is 0.379. The number of carbonyl (C=O) groups excluding carboxylic acids is 3. The summed E-state index contributed by atoms with van der Waals surface area (Å²) in [6, 6.07) is 13.7. The van der Waals surface area contributed by atoms with Crippen molar-refractivity contribution >= 4 is 58.1 Å². The van der Waals surface area contributed by atoms with Gasteiger partial charge in [-0.2, -0.15) is 0 Å². The van der Waals surface area contributed by atoms with Crippen LogP contribution >= 0.6 is 34.7 Å². The summed E-state index contributed by atoms with van der Waals surface area (Å²) in [5, 5.41) is 4.30. The highest BCUT2D eigenvalue weighted by Gasteiger charge is 2.70. The number of halogens is 1. The number of nitrogens with zero attached hydrogens (tertiary/aromatic N) is 1. The van der Waals surface area contributed by atoms with E-state index in [9.17, 15) is 19.2 Å². The first kappa shape index (κ1) is 25.9. The van der Waals surface area contributed by atoms with E-state index in [0.717, 1.165) is 27.6 Å². The topological polar surface area (TPSA) is 109 Å². The van der Waals surface area contributed by atoms with Gasteiger partial charge in [-0.1, -0.05) is 35.1 Å². The molecule has 2 aromatic carbocycles. The third kappa shape index (κ3) is 3.79. The molecule has 0 spiro atoms. The van der Waals surface area contributed by atoms with Crippen LogP contribution in [0.25, 0.3) is 0 Å². The Morgan fingerprint density at radius 2 is 1.73 bits per heavy atom. The largest absolute Gasteiger partial charge is 0.497 e. The van der Waals surface area contributed by atoms with Crippen molar-refractivity contribution in [2.45, 2.75) is 35.6 Å². The second kappa shape index (κ2) is 9.49. The summed E-state index contributed by atoms with van der Waals surface area (Å²) in [4.78, 5) is 58.4. The molecule has 206 valence electrons. The number of H-pyrrole nitrogens is 1. The molecular weight excluding hydrogens is 570 g/mol. The predicted octanol–water partition coefficient (Wildman–Crippen LogP) is 4.60. The van der Waals surface area contributed by atoms with Gasteiger partial charge in [0.15, 0.2) is 0 Å². The van der Waals surface area contributed by atoms with Gasteiger partial charge in [0.1, 0.15) is 11.8 Å². The fourth-order valence-corrected chi connectivity index (χ4v) is 10.5. The number of imide groups is 1. The third-order valence-corrected chi connectivity index (χ3v) is 12.0. The van der Waals surface area contributed by atoms with Crippen molar-refractivity contribution < 1.29 is 19.1 Å². The van der Waals surface area contributed by atoms with Gasteiger partial charge in [0.2, 0.25) is 17.7 Å². The molecule has 1 saturated heterocycles. The average molecular weight is 596 g/mol. The second-order valence-corrected chi connectivity index (χ2v) is 13.6. The number of likely N-dealkylation sites (tertiary alicyclic amines) is 1. The van der Waals surface area contributed by atoms with Crippen LogP contribution in [0.1, 0.15) is 29.7 Å². The molecule has 2 N–H and O–H groups in total. The van der Waals surface area contributed by atoms with E-state index < -0.39 is 23.8 Å². The fourth-order valence-electron chi connectivity index (χ4n) is 7.50. The Kier molecular flexibility index (Phi) is 6.14. The average Bonchev–Trinajstić information content (AvgIpc) is 3.68. The highest BCUT2D eigenvalue weighted by Crippen LogP contribution is 2.68. The molecule has 2 bridgehead atoms. The monoisotopic (exact) mass is 595 g/mol. The summed E-state index contributed by atoms with van der Waals surface area (Å²) in [6.45, 7) is 1.61. The van der Waals surface area contributed by atoms with Crippen LogP contribution < -0.4 is 14.9 Å². The Morgan fingerprint density at radius 3 is 2.40 bits per heavy atom. The van der Waals surface area contributed by atoms with Gasteiger partial charge in [-0.25, -0.2) is 0 Å². The van der Waals surface area contributed by atoms with E-state index in [-0.39, 0.29) is 45.6 Å². The van der Waals surface area contributed by atoms with Gasteiger partial charge in [-0.15, -0.1) is 11.8 Å². The predicted molar refractivity (Wildman–Crippen MR) is 153 cm³/mol. The van der Waals surface area contributed by atoms with Gasteiger partial charge < -0.3 is 15.0 Å². The zero-order chi connectivity index (χ0) is 27.9. The van der Waals surface area contributed by atoms with E-state index in [2.05, 4.69) is 10.3 Å². The number of hydrogen-bond donors (Lipinski definition) is 2. The molecule has 4 aliphatic rings. The van der Waals surface area contributed by atoms with Crippen molar-refractivity contribution in [3.8, 4) is 5.75 Å². The number of amides is 3. The molecule has 3 heterocycles. The van der Waals surface area contributed by atoms with Crippen LogP contribution in [0, 0.1) is 29.6 Å². The van der Waals surface area contributed by atoms with Gasteiger partial charge in [-0.05, 0) is 73.1 Å². The number of rotatable bonds is 5. The van der Waals surface area contributed by atoms with Crippen LogP contribution in [0.3, 0.4) is 0 Å². The molecule has 11 heteroatoms. The number of thiazole rings is 1. The lowest BCUT2D eigenvalue weighted by Gasteiger charge is -2.43. The lowest BCUT2D eigenvalue weighted by Crippen LogP contribution is -2.46. The lowest BCUT2D eigenvalue weighted by atomic mass is 9.68. The first-order valence-corrected chi connectivity index (χ1v) is 15.3. The van der Waals surface area contributed by atoms with Gasteiger partial charge in [0.05, 0.1) is 24.0 Å². The van der Waals surface area contributed by atoms with E-state index in [1.165, 1.54) is 16.2 Å². The zero-order valence-electron chi connectivity index (χ0n) is 21.6. The number of ether oxygens (including phenoxy) is 1. The molecule has 3 amide bonds. The van der Waals surface area contributed by atoms with Gasteiger partial charge in [0, 0.05) is 26.8 Å². The number of carbonyl (C=O) groups is 3. The highest BCUT2D eigenvalue weighted by atomic mass is 35.5.